The monoisotopic (exact) mass is 352 g/mol. The van der Waals surface area contributed by atoms with Crippen LogP contribution in [0.2, 0.25) is 0 Å². The molecule has 0 saturated carbocycles. The van der Waals surface area contributed by atoms with Crippen molar-refractivity contribution in [3.8, 4) is 0 Å². The van der Waals surface area contributed by atoms with Crippen molar-refractivity contribution in [3.05, 3.63) is 72.6 Å². The predicted molar refractivity (Wildman–Crippen MR) is 77.6 cm³/mol. The zero-order valence-corrected chi connectivity index (χ0v) is 12.1. The molecule has 0 fully saturated rings. The summed E-state index contributed by atoms with van der Waals surface area (Å²) in [5.41, 5.74) is -0.395. The van der Waals surface area contributed by atoms with Crippen molar-refractivity contribution in [1.29, 1.82) is 0 Å². The minimum atomic E-state index is -1.29. The highest BCUT2D eigenvalue weighted by Crippen LogP contribution is 2.23. The van der Waals surface area contributed by atoms with Crippen LogP contribution < -0.4 is 5.56 Å². The number of carbonyl (C=O) groups is 1. The highest BCUT2D eigenvalue weighted by Gasteiger charge is 2.13. The average Bonchev–Trinajstić information content (AvgIpc) is 2.42. The lowest BCUT2D eigenvalue weighted by Crippen LogP contribution is -2.26. The number of non-ortho nitro benzene ring substituents is 1. The Morgan fingerprint density at radius 2 is 2.10 bits per heavy atom. The van der Waals surface area contributed by atoms with Crippen molar-refractivity contribution < 1.29 is 14.8 Å². The van der Waals surface area contributed by atoms with Crippen LogP contribution in [0.15, 0.2) is 45.8 Å². The summed E-state index contributed by atoms with van der Waals surface area (Å²) in [6.45, 7) is 0.110. The van der Waals surface area contributed by atoms with Gasteiger partial charge in [-0.15, -0.1) is 0 Å². The second-order valence-corrected chi connectivity index (χ2v) is 5.05. The largest absolute Gasteiger partial charge is 0.477 e. The van der Waals surface area contributed by atoms with Gasteiger partial charge in [-0.1, -0.05) is 15.9 Å². The third kappa shape index (κ3) is 3.16. The maximum atomic E-state index is 12.0. The van der Waals surface area contributed by atoms with Gasteiger partial charge in [0.2, 0.25) is 0 Å². The molecule has 21 heavy (non-hydrogen) atoms. The molecular weight excluding hydrogens is 344 g/mol. The van der Waals surface area contributed by atoms with Gasteiger partial charge < -0.3 is 9.67 Å². The Labute approximate surface area is 126 Å². The first-order valence-corrected chi connectivity index (χ1v) is 6.55. The number of carboxylic acids is 1. The number of hydrogen-bond donors (Lipinski definition) is 1. The maximum Gasteiger partial charge on any atom is 0.341 e. The lowest BCUT2D eigenvalue weighted by molar-refractivity contribution is -0.384. The van der Waals surface area contributed by atoms with Gasteiger partial charge in [0.05, 0.1) is 11.5 Å². The van der Waals surface area contributed by atoms with Gasteiger partial charge in [-0.2, -0.15) is 0 Å². The highest BCUT2D eigenvalue weighted by atomic mass is 79.9. The average molecular weight is 353 g/mol. The number of carboxylic acid groups (broad SMARTS) is 1. The molecule has 0 aliphatic heterocycles. The third-order valence-electron chi connectivity index (χ3n) is 2.84. The van der Waals surface area contributed by atoms with Crippen LogP contribution in [0.25, 0.3) is 0 Å². The van der Waals surface area contributed by atoms with Gasteiger partial charge in [-0.3, -0.25) is 14.9 Å². The number of aromatic carboxylic acids is 1. The predicted octanol–water partition coefficient (Wildman–Crippen LogP) is 2.27. The number of hydrogen-bond acceptors (Lipinski definition) is 4. The fourth-order valence-corrected chi connectivity index (χ4v) is 2.28. The minimum Gasteiger partial charge on any atom is -0.477 e. The quantitative estimate of drug-likeness (QED) is 0.671. The summed E-state index contributed by atoms with van der Waals surface area (Å²) in [5, 5.41) is 19.6. The van der Waals surface area contributed by atoms with E-state index in [2.05, 4.69) is 15.9 Å². The summed E-state index contributed by atoms with van der Waals surface area (Å²) < 4.78 is 1.71. The molecule has 0 atom stereocenters. The highest BCUT2D eigenvalue weighted by molar-refractivity contribution is 9.10. The van der Waals surface area contributed by atoms with Crippen molar-refractivity contribution >= 4 is 27.6 Å². The van der Waals surface area contributed by atoms with E-state index in [9.17, 15) is 19.7 Å². The molecule has 0 unspecified atom stereocenters. The van der Waals surface area contributed by atoms with E-state index >= 15 is 0 Å². The fourth-order valence-electron chi connectivity index (χ4n) is 1.79. The summed E-state index contributed by atoms with van der Waals surface area (Å²) in [6, 6.07) is 6.87. The van der Waals surface area contributed by atoms with Crippen LogP contribution in [0.4, 0.5) is 5.69 Å². The number of nitro benzene ring substituents is 1. The molecule has 0 saturated heterocycles. The van der Waals surface area contributed by atoms with Gasteiger partial charge in [0, 0.05) is 22.8 Å². The summed E-state index contributed by atoms with van der Waals surface area (Å²) in [5.74, 6) is -1.29. The van der Waals surface area contributed by atoms with Crippen molar-refractivity contribution in [3.63, 3.8) is 0 Å². The fraction of sp³-hybridized carbons (Fsp3) is 0.0769. The van der Waals surface area contributed by atoms with Crippen molar-refractivity contribution in [2.24, 2.45) is 0 Å². The normalized spacial score (nSPS) is 10.3. The molecule has 1 aromatic carbocycles. The number of benzene rings is 1. The molecule has 2 rings (SSSR count). The van der Waals surface area contributed by atoms with Gasteiger partial charge in [0.15, 0.2) is 0 Å². The molecule has 2 aromatic rings. The SMILES string of the molecule is O=C(O)c1cccn(Cc2ccc([N+](=O)[O-])cc2Br)c1=O. The van der Waals surface area contributed by atoms with E-state index in [4.69, 9.17) is 5.11 Å². The van der Waals surface area contributed by atoms with E-state index in [1.807, 2.05) is 0 Å². The van der Waals surface area contributed by atoms with Gasteiger partial charge in [-0.05, 0) is 23.8 Å². The number of pyridine rings is 1. The Morgan fingerprint density at radius 1 is 1.38 bits per heavy atom. The molecule has 1 aromatic heterocycles. The maximum absolute atomic E-state index is 12.0. The number of nitro groups is 1. The Hall–Kier alpha value is -2.48. The summed E-state index contributed by atoms with van der Waals surface area (Å²) >= 11 is 3.21. The molecule has 0 bridgehead atoms. The van der Waals surface area contributed by atoms with Gasteiger partial charge in [-0.25, -0.2) is 4.79 Å². The first kappa shape index (κ1) is 14.9. The summed E-state index contributed by atoms with van der Waals surface area (Å²) in [7, 11) is 0. The Kier molecular flexibility index (Phi) is 4.18. The van der Waals surface area contributed by atoms with Crippen LogP contribution >= 0.6 is 15.9 Å². The van der Waals surface area contributed by atoms with E-state index in [0.717, 1.165) is 0 Å². The lowest BCUT2D eigenvalue weighted by atomic mass is 10.2. The topological polar surface area (TPSA) is 102 Å². The van der Waals surface area contributed by atoms with Gasteiger partial charge in [0.1, 0.15) is 5.56 Å². The van der Waals surface area contributed by atoms with Crippen molar-refractivity contribution in [1.82, 2.24) is 4.57 Å². The van der Waals surface area contributed by atoms with E-state index in [1.54, 1.807) is 0 Å². The molecule has 0 amide bonds. The number of nitrogens with zero attached hydrogens (tertiary/aromatic N) is 2. The Bertz CT molecular complexity index is 784. The molecule has 0 aliphatic rings. The molecule has 0 aliphatic carbocycles. The zero-order chi connectivity index (χ0) is 15.6. The van der Waals surface area contributed by atoms with Crippen LogP contribution in [0, 0.1) is 10.1 Å². The van der Waals surface area contributed by atoms with Crippen LogP contribution in [-0.4, -0.2) is 20.6 Å². The summed E-state index contributed by atoms with van der Waals surface area (Å²) in [4.78, 5) is 33.0. The Balaban J connectivity index is 2.39. The van der Waals surface area contributed by atoms with Gasteiger partial charge >= 0.3 is 5.97 Å². The molecule has 7 nitrogen and oxygen atoms in total. The first-order chi connectivity index (χ1) is 9.90. The summed E-state index contributed by atoms with van der Waals surface area (Å²) in [6.07, 6.45) is 1.46. The number of rotatable bonds is 4. The van der Waals surface area contributed by atoms with Crippen molar-refractivity contribution in [2.75, 3.05) is 0 Å². The standard InChI is InChI=1S/C13H9BrN2O5/c14-11-6-9(16(20)21)4-3-8(11)7-15-5-1-2-10(12(15)17)13(18)19/h1-6H,7H2,(H,18,19). The minimum absolute atomic E-state index is 0.0720. The third-order valence-corrected chi connectivity index (χ3v) is 3.58. The molecule has 8 heteroatoms. The molecule has 1 N–H and O–H groups in total. The van der Waals surface area contributed by atoms with E-state index in [-0.39, 0.29) is 17.8 Å². The molecule has 108 valence electrons. The van der Waals surface area contributed by atoms with Gasteiger partial charge in [0.25, 0.3) is 11.2 Å². The first-order valence-electron chi connectivity index (χ1n) is 5.75. The number of aromatic nitrogens is 1. The molecular formula is C13H9BrN2O5. The smallest absolute Gasteiger partial charge is 0.341 e. The molecule has 1 heterocycles. The van der Waals surface area contributed by atoms with Crippen LogP contribution in [0.5, 0.6) is 0 Å². The molecule has 0 spiro atoms. The second kappa shape index (κ2) is 5.88. The zero-order valence-electron chi connectivity index (χ0n) is 10.5. The lowest BCUT2D eigenvalue weighted by Gasteiger charge is -2.08. The van der Waals surface area contributed by atoms with E-state index < -0.39 is 16.5 Å². The molecule has 0 radical (unpaired) electrons. The second-order valence-electron chi connectivity index (χ2n) is 4.19. The van der Waals surface area contributed by atoms with Crippen LogP contribution in [0.3, 0.4) is 0 Å². The van der Waals surface area contributed by atoms with E-state index in [1.165, 1.54) is 41.1 Å². The van der Waals surface area contributed by atoms with Crippen molar-refractivity contribution in [2.45, 2.75) is 6.54 Å². The number of halogens is 1. The van der Waals surface area contributed by atoms with Crippen LogP contribution in [-0.2, 0) is 6.54 Å². The Morgan fingerprint density at radius 3 is 2.67 bits per heavy atom. The van der Waals surface area contributed by atoms with E-state index in [0.29, 0.717) is 10.0 Å². The van der Waals surface area contributed by atoms with Crippen LogP contribution in [0.1, 0.15) is 15.9 Å².